The first-order valence-corrected chi connectivity index (χ1v) is 15.4. The third-order valence-corrected chi connectivity index (χ3v) is 9.36. The lowest BCUT2D eigenvalue weighted by Crippen LogP contribution is -1.99. The molecular weight excluding hydrogens is 562 g/mol. The highest BCUT2D eigenvalue weighted by atomic mass is 15.0. The Morgan fingerprint density at radius 2 is 0.848 bits per heavy atom. The average molecular weight is 588 g/mol. The number of hydrogen-bond acceptors (Lipinski definition) is 3. The minimum atomic E-state index is 1.09. The molecule has 0 unspecified atom stereocenters. The van der Waals surface area contributed by atoms with Crippen LogP contribution in [0, 0.1) is 0 Å². The van der Waals surface area contributed by atoms with Gasteiger partial charge in [-0.1, -0.05) is 72.8 Å². The van der Waals surface area contributed by atoms with E-state index < -0.39 is 0 Å². The SMILES string of the molecule is c1ccc(-n2c3ccncc3c3cc(-c4c5ccccc5c(-n5c6ccncc6c6cnccc65)c5ccccc45)ccc32)cc1. The Hall–Kier alpha value is -6.33. The van der Waals surface area contributed by atoms with E-state index in [1.165, 1.54) is 43.7 Å². The van der Waals surface area contributed by atoms with Crippen molar-refractivity contribution in [2.75, 3.05) is 0 Å². The molecule has 0 fully saturated rings. The summed E-state index contributed by atoms with van der Waals surface area (Å²) in [4.78, 5) is 13.5. The van der Waals surface area contributed by atoms with E-state index in [0.29, 0.717) is 0 Å². The largest absolute Gasteiger partial charge is 0.309 e. The molecule has 0 aliphatic heterocycles. The van der Waals surface area contributed by atoms with Crippen LogP contribution in [-0.2, 0) is 0 Å². The molecule has 46 heavy (non-hydrogen) atoms. The summed E-state index contributed by atoms with van der Waals surface area (Å²) >= 11 is 0. The highest BCUT2D eigenvalue weighted by Crippen LogP contribution is 2.45. The second-order valence-corrected chi connectivity index (χ2v) is 11.7. The maximum absolute atomic E-state index is 4.54. The Kier molecular flexibility index (Phi) is 5.22. The van der Waals surface area contributed by atoms with Crippen LogP contribution < -0.4 is 0 Å². The molecule has 214 valence electrons. The molecule has 0 radical (unpaired) electrons. The lowest BCUT2D eigenvalue weighted by Gasteiger charge is -2.19. The molecule has 0 bridgehead atoms. The molecule has 0 amide bonds. The summed E-state index contributed by atoms with van der Waals surface area (Å²) in [5.41, 5.74) is 9.25. The number of rotatable bonds is 3. The second kappa shape index (κ2) is 9.58. The zero-order valence-electron chi connectivity index (χ0n) is 24.7. The normalized spacial score (nSPS) is 11.9. The van der Waals surface area contributed by atoms with E-state index in [0.717, 1.165) is 43.9 Å². The first-order chi connectivity index (χ1) is 22.9. The van der Waals surface area contributed by atoms with E-state index >= 15 is 0 Å². The van der Waals surface area contributed by atoms with Crippen molar-refractivity contribution < 1.29 is 0 Å². The van der Waals surface area contributed by atoms with E-state index in [2.05, 4.69) is 139 Å². The van der Waals surface area contributed by atoms with E-state index in [4.69, 9.17) is 0 Å². The number of aromatic nitrogens is 5. The molecule has 0 spiro atoms. The molecule has 0 saturated heterocycles. The predicted octanol–water partition coefficient (Wildman–Crippen LogP) is 10.0. The van der Waals surface area contributed by atoms with Crippen LogP contribution in [0.1, 0.15) is 0 Å². The maximum Gasteiger partial charge on any atom is 0.0619 e. The fourth-order valence-corrected chi connectivity index (χ4v) is 7.48. The van der Waals surface area contributed by atoms with Crippen LogP contribution in [0.5, 0.6) is 0 Å². The molecule has 5 aromatic carbocycles. The summed E-state index contributed by atoms with van der Waals surface area (Å²) in [6.07, 6.45) is 11.5. The molecule has 5 heterocycles. The Morgan fingerprint density at radius 1 is 0.370 bits per heavy atom. The van der Waals surface area contributed by atoms with Crippen molar-refractivity contribution in [1.82, 2.24) is 24.1 Å². The topological polar surface area (TPSA) is 48.5 Å². The van der Waals surface area contributed by atoms with Crippen LogP contribution in [0.25, 0.3) is 87.7 Å². The zero-order chi connectivity index (χ0) is 30.2. The number of hydrogen-bond donors (Lipinski definition) is 0. The van der Waals surface area contributed by atoms with Gasteiger partial charge < -0.3 is 9.13 Å². The van der Waals surface area contributed by atoms with Crippen molar-refractivity contribution >= 4 is 65.2 Å². The lowest BCUT2D eigenvalue weighted by molar-refractivity contribution is 1.17. The van der Waals surface area contributed by atoms with E-state index in [1.54, 1.807) is 0 Å². The Balaban J connectivity index is 1.33. The molecule has 10 rings (SSSR count). The number of nitrogens with zero attached hydrogens (tertiary/aromatic N) is 5. The second-order valence-electron chi connectivity index (χ2n) is 11.7. The fraction of sp³-hybridized carbons (Fsp3) is 0. The number of para-hydroxylation sites is 1. The quantitative estimate of drug-likeness (QED) is 0.193. The molecule has 0 atom stereocenters. The van der Waals surface area contributed by atoms with Gasteiger partial charge in [-0.25, -0.2) is 0 Å². The summed E-state index contributed by atoms with van der Waals surface area (Å²) in [7, 11) is 0. The van der Waals surface area contributed by atoms with Crippen LogP contribution in [-0.4, -0.2) is 24.1 Å². The standard InChI is InChI=1S/C41H25N5/c1-2-8-27(9-3-1)45-36-15-14-26(22-32(36)33-23-42-19-16-37(33)45)40-28-10-4-6-12-30(28)41(31-13-7-5-11-29(31)40)46-38-17-20-43-24-34(38)35-25-44-21-18-39(35)46/h1-25H. The fourth-order valence-electron chi connectivity index (χ4n) is 7.48. The van der Waals surface area contributed by atoms with Gasteiger partial charge in [-0.15, -0.1) is 0 Å². The zero-order valence-corrected chi connectivity index (χ0v) is 24.7. The summed E-state index contributed by atoms with van der Waals surface area (Å²) < 4.78 is 4.73. The Labute approximate surface area is 263 Å². The van der Waals surface area contributed by atoms with E-state index in [-0.39, 0.29) is 0 Å². The molecule has 5 heteroatoms. The highest BCUT2D eigenvalue weighted by Gasteiger charge is 2.21. The van der Waals surface area contributed by atoms with Gasteiger partial charge in [0.1, 0.15) is 0 Å². The molecule has 5 aromatic heterocycles. The van der Waals surface area contributed by atoms with Gasteiger partial charge in [-0.05, 0) is 64.4 Å². The Bertz CT molecular complexity index is 2700. The summed E-state index contributed by atoms with van der Waals surface area (Å²) in [5.74, 6) is 0. The minimum absolute atomic E-state index is 1.09. The van der Waals surface area contributed by atoms with E-state index in [9.17, 15) is 0 Å². The summed E-state index contributed by atoms with van der Waals surface area (Å²) in [6.45, 7) is 0. The van der Waals surface area contributed by atoms with E-state index in [1.807, 2.05) is 37.2 Å². The maximum atomic E-state index is 4.54. The smallest absolute Gasteiger partial charge is 0.0619 e. The van der Waals surface area contributed by atoms with Crippen LogP contribution >= 0.6 is 0 Å². The van der Waals surface area contributed by atoms with Crippen LogP contribution in [0.15, 0.2) is 152 Å². The van der Waals surface area contributed by atoms with Gasteiger partial charge in [0.2, 0.25) is 0 Å². The van der Waals surface area contributed by atoms with Gasteiger partial charge in [0.15, 0.2) is 0 Å². The third-order valence-electron chi connectivity index (χ3n) is 9.36. The van der Waals surface area contributed by atoms with Gasteiger partial charge in [0.25, 0.3) is 0 Å². The highest BCUT2D eigenvalue weighted by molar-refractivity contribution is 6.21. The number of pyridine rings is 3. The average Bonchev–Trinajstić information content (AvgIpc) is 3.63. The van der Waals surface area contributed by atoms with Gasteiger partial charge in [0, 0.05) is 75.2 Å². The van der Waals surface area contributed by atoms with Crippen molar-refractivity contribution in [3.63, 3.8) is 0 Å². The minimum Gasteiger partial charge on any atom is -0.309 e. The molecule has 10 aromatic rings. The number of benzene rings is 5. The third kappa shape index (κ3) is 3.42. The lowest BCUT2D eigenvalue weighted by atomic mass is 9.90. The first-order valence-electron chi connectivity index (χ1n) is 15.4. The van der Waals surface area contributed by atoms with Crippen LogP contribution in [0.4, 0.5) is 0 Å². The van der Waals surface area contributed by atoms with Crippen molar-refractivity contribution in [2.45, 2.75) is 0 Å². The predicted molar refractivity (Wildman–Crippen MR) is 189 cm³/mol. The first kappa shape index (κ1) is 25.0. The molecule has 0 aliphatic rings. The van der Waals surface area contributed by atoms with Gasteiger partial charge in [-0.2, -0.15) is 0 Å². The van der Waals surface area contributed by atoms with Crippen LogP contribution in [0.3, 0.4) is 0 Å². The van der Waals surface area contributed by atoms with Gasteiger partial charge in [0.05, 0.1) is 27.8 Å². The molecule has 0 N–H and O–H groups in total. The molecular formula is C41H25N5. The Morgan fingerprint density at radius 3 is 1.43 bits per heavy atom. The van der Waals surface area contributed by atoms with Crippen molar-refractivity contribution in [2.24, 2.45) is 0 Å². The van der Waals surface area contributed by atoms with Crippen molar-refractivity contribution in [3.05, 3.63) is 152 Å². The summed E-state index contributed by atoms with van der Waals surface area (Å²) in [5, 5.41) is 9.31. The molecule has 0 aliphatic carbocycles. The van der Waals surface area contributed by atoms with Gasteiger partial charge in [-0.3, -0.25) is 15.0 Å². The monoisotopic (exact) mass is 587 g/mol. The molecule has 0 saturated carbocycles. The summed E-state index contributed by atoms with van der Waals surface area (Å²) in [6, 6.07) is 41.4. The van der Waals surface area contributed by atoms with Crippen LogP contribution in [0.2, 0.25) is 0 Å². The van der Waals surface area contributed by atoms with Gasteiger partial charge >= 0.3 is 0 Å². The van der Waals surface area contributed by atoms with Crippen molar-refractivity contribution in [1.29, 1.82) is 0 Å². The van der Waals surface area contributed by atoms with Crippen molar-refractivity contribution in [3.8, 4) is 22.5 Å². The molecule has 5 nitrogen and oxygen atoms in total. The number of fused-ring (bicyclic) bond motifs is 8.